The van der Waals surface area contributed by atoms with Crippen LogP contribution in [0.4, 0.5) is 10.1 Å². The van der Waals surface area contributed by atoms with Crippen molar-refractivity contribution in [2.24, 2.45) is 5.73 Å². The molecule has 20 heavy (non-hydrogen) atoms. The Bertz CT molecular complexity index is 475. The van der Waals surface area contributed by atoms with Crippen LogP contribution >= 0.6 is 0 Å². The number of ether oxygens (including phenoxy) is 2. The number of benzene rings is 1. The molecule has 1 unspecified atom stereocenters. The molecule has 1 aliphatic heterocycles. The summed E-state index contributed by atoms with van der Waals surface area (Å²) in [6, 6.07) is 4.16. The zero-order valence-electron chi connectivity index (χ0n) is 11.5. The highest BCUT2D eigenvalue weighted by Gasteiger charge is 2.18. The molecule has 0 amide bonds. The van der Waals surface area contributed by atoms with Crippen LogP contribution in [0.15, 0.2) is 18.2 Å². The molecule has 0 radical (unpaired) electrons. The molecule has 1 saturated heterocycles. The van der Waals surface area contributed by atoms with Crippen molar-refractivity contribution < 1.29 is 18.7 Å². The first kappa shape index (κ1) is 14.7. The lowest BCUT2D eigenvalue weighted by atomic mass is 10.1. The third-order valence-corrected chi connectivity index (χ3v) is 3.32. The molecule has 5 nitrogen and oxygen atoms in total. The lowest BCUT2D eigenvalue weighted by molar-refractivity contribution is -0.142. The molecule has 0 saturated carbocycles. The largest absolute Gasteiger partial charge is 0.468 e. The Morgan fingerprint density at radius 2 is 2.20 bits per heavy atom. The Morgan fingerprint density at radius 1 is 1.50 bits per heavy atom. The molecule has 1 aliphatic rings. The predicted molar refractivity (Wildman–Crippen MR) is 73.1 cm³/mol. The van der Waals surface area contributed by atoms with Crippen molar-refractivity contribution >= 4 is 11.7 Å². The van der Waals surface area contributed by atoms with E-state index in [1.165, 1.54) is 13.2 Å². The normalized spacial score (nSPS) is 16.9. The van der Waals surface area contributed by atoms with Crippen molar-refractivity contribution in [1.29, 1.82) is 0 Å². The quantitative estimate of drug-likeness (QED) is 0.824. The Kier molecular flexibility index (Phi) is 4.92. The maximum Gasteiger partial charge on any atom is 0.322 e. The summed E-state index contributed by atoms with van der Waals surface area (Å²) in [5, 5.41) is 0. The van der Waals surface area contributed by atoms with Gasteiger partial charge in [-0.25, -0.2) is 4.39 Å². The second-order valence-electron chi connectivity index (χ2n) is 4.72. The van der Waals surface area contributed by atoms with Gasteiger partial charge in [-0.1, -0.05) is 6.07 Å². The number of anilines is 1. The number of nitrogens with zero attached hydrogens (tertiary/aromatic N) is 1. The number of esters is 1. The number of hydrogen-bond acceptors (Lipinski definition) is 5. The number of methoxy groups -OCH3 is 1. The van der Waals surface area contributed by atoms with E-state index >= 15 is 0 Å². The molecule has 6 heteroatoms. The van der Waals surface area contributed by atoms with Gasteiger partial charge in [-0.2, -0.15) is 0 Å². The van der Waals surface area contributed by atoms with Crippen molar-refractivity contribution in [2.45, 2.75) is 12.5 Å². The zero-order chi connectivity index (χ0) is 14.5. The Morgan fingerprint density at radius 3 is 2.80 bits per heavy atom. The highest BCUT2D eigenvalue weighted by Crippen LogP contribution is 2.22. The first-order chi connectivity index (χ1) is 9.61. The molecule has 1 aromatic carbocycles. The van der Waals surface area contributed by atoms with Crippen molar-refractivity contribution in [3.05, 3.63) is 29.6 Å². The summed E-state index contributed by atoms with van der Waals surface area (Å²) < 4.78 is 23.9. The van der Waals surface area contributed by atoms with Gasteiger partial charge >= 0.3 is 5.97 Å². The molecule has 1 aromatic rings. The van der Waals surface area contributed by atoms with Gasteiger partial charge in [-0.05, 0) is 24.1 Å². The van der Waals surface area contributed by atoms with Crippen LogP contribution in [0.25, 0.3) is 0 Å². The molecular formula is C14H19FN2O3. The second-order valence-corrected chi connectivity index (χ2v) is 4.72. The molecule has 2 rings (SSSR count). The highest BCUT2D eigenvalue weighted by atomic mass is 19.1. The minimum atomic E-state index is -0.770. The van der Waals surface area contributed by atoms with E-state index in [0.717, 1.165) is 0 Å². The van der Waals surface area contributed by atoms with Gasteiger partial charge in [0.25, 0.3) is 0 Å². The fourth-order valence-electron chi connectivity index (χ4n) is 2.23. The number of nitrogens with two attached hydrogens (primary N) is 1. The molecule has 110 valence electrons. The minimum absolute atomic E-state index is 0.257. The van der Waals surface area contributed by atoms with Gasteiger partial charge in [-0.3, -0.25) is 4.79 Å². The first-order valence-electron chi connectivity index (χ1n) is 6.56. The summed E-state index contributed by atoms with van der Waals surface area (Å²) in [6.45, 7) is 2.57. The number of halogens is 1. The van der Waals surface area contributed by atoms with Crippen LogP contribution < -0.4 is 10.6 Å². The Hall–Kier alpha value is -1.66. The number of carbonyl (C=O) groups is 1. The Labute approximate surface area is 117 Å². The van der Waals surface area contributed by atoms with Gasteiger partial charge in [0.1, 0.15) is 11.9 Å². The van der Waals surface area contributed by atoms with Gasteiger partial charge in [0.05, 0.1) is 26.0 Å². The number of carbonyl (C=O) groups excluding carboxylic acids is 1. The fraction of sp³-hybridized carbons (Fsp3) is 0.500. The van der Waals surface area contributed by atoms with Crippen LogP contribution in [0.2, 0.25) is 0 Å². The average molecular weight is 282 g/mol. The Balaban J connectivity index is 2.07. The maximum absolute atomic E-state index is 14.1. The molecule has 0 aliphatic carbocycles. The molecule has 0 aromatic heterocycles. The third kappa shape index (κ3) is 3.46. The van der Waals surface area contributed by atoms with Crippen molar-refractivity contribution in [3.8, 4) is 0 Å². The summed E-state index contributed by atoms with van der Waals surface area (Å²) in [4.78, 5) is 13.2. The maximum atomic E-state index is 14.1. The van der Waals surface area contributed by atoms with Gasteiger partial charge in [0.2, 0.25) is 0 Å². The second kappa shape index (κ2) is 6.67. The predicted octanol–water partition coefficient (Wildman–Crippen LogP) is 0.705. The SMILES string of the molecule is COC(=O)C(N)Cc1ccc(N2CCOCC2)c(F)c1. The van der Waals surface area contributed by atoms with E-state index < -0.39 is 12.0 Å². The standard InChI is InChI=1S/C14H19FN2O3/c1-19-14(18)12(16)9-10-2-3-13(11(15)8-10)17-4-6-20-7-5-17/h2-3,8,12H,4-7,9,16H2,1H3. The topological polar surface area (TPSA) is 64.8 Å². The van der Waals surface area contributed by atoms with Crippen molar-refractivity contribution in [1.82, 2.24) is 0 Å². The average Bonchev–Trinajstić information content (AvgIpc) is 2.47. The van der Waals surface area contributed by atoms with E-state index in [0.29, 0.717) is 37.6 Å². The van der Waals surface area contributed by atoms with Gasteiger partial charge < -0.3 is 20.1 Å². The molecule has 0 bridgehead atoms. The molecular weight excluding hydrogens is 263 g/mol. The summed E-state index contributed by atoms with van der Waals surface area (Å²) in [7, 11) is 1.28. The molecule has 1 fully saturated rings. The van der Waals surface area contributed by atoms with Gasteiger partial charge in [0, 0.05) is 13.1 Å². The summed E-state index contributed by atoms with van der Waals surface area (Å²) >= 11 is 0. The van der Waals surface area contributed by atoms with Gasteiger partial charge in [-0.15, -0.1) is 0 Å². The third-order valence-electron chi connectivity index (χ3n) is 3.32. The summed E-state index contributed by atoms with van der Waals surface area (Å²) in [5.74, 6) is -0.802. The van der Waals surface area contributed by atoms with E-state index in [1.807, 2.05) is 4.90 Å². The summed E-state index contributed by atoms with van der Waals surface area (Å²) in [5.41, 5.74) is 6.90. The van der Waals surface area contributed by atoms with Crippen LogP contribution in [0.1, 0.15) is 5.56 Å². The van der Waals surface area contributed by atoms with E-state index in [4.69, 9.17) is 10.5 Å². The van der Waals surface area contributed by atoms with E-state index in [-0.39, 0.29) is 12.2 Å². The monoisotopic (exact) mass is 282 g/mol. The first-order valence-corrected chi connectivity index (χ1v) is 6.56. The lowest BCUT2D eigenvalue weighted by Gasteiger charge is -2.29. The van der Waals surface area contributed by atoms with Crippen LogP contribution in [-0.2, 0) is 20.7 Å². The fourth-order valence-corrected chi connectivity index (χ4v) is 2.23. The molecule has 1 heterocycles. The molecule has 1 atom stereocenters. The zero-order valence-corrected chi connectivity index (χ0v) is 11.5. The number of hydrogen-bond donors (Lipinski definition) is 1. The van der Waals surface area contributed by atoms with Crippen molar-refractivity contribution in [2.75, 3.05) is 38.3 Å². The summed E-state index contributed by atoms with van der Waals surface area (Å²) in [6.07, 6.45) is 0.257. The smallest absolute Gasteiger partial charge is 0.322 e. The van der Waals surface area contributed by atoms with E-state index in [1.54, 1.807) is 12.1 Å². The van der Waals surface area contributed by atoms with Crippen LogP contribution in [-0.4, -0.2) is 45.4 Å². The van der Waals surface area contributed by atoms with E-state index in [9.17, 15) is 9.18 Å². The molecule has 0 spiro atoms. The molecule has 2 N–H and O–H groups in total. The number of morpholine rings is 1. The van der Waals surface area contributed by atoms with Crippen molar-refractivity contribution in [3.63, 3.8) is 0 Å². The lowest BCUT2D eigenvalue weighted by Crippen LogP contribution is -2.37. The highest BCUT2D eigenvalue weighted by molar-refractivity contribution is 5.75. The number of rotatable bonds is 4. The van der Waals surface area contributed by atoms with Crippen LogP contribution in [0.5, 0.6) is 0 Å². The van der Waals surface area contributed by atoms with Gasteiger partial charge in [0.15, 0.2) is 0 Å². The minimum Gasteiger partial charge on any atom is -0.468 e. The van der Waals surface area contributed by atoms with E-state index in [2.05, 4.69) is 4.74 Å². The van der Waals surface area contributed by atoms with Crippen LogP contribution in [0, 0.1) is 5.82 Å². The van der Waals surface area contributed by atoms with Crippen LogP contribution in [0.3, 0.4) is 0 Å².